The number of anilines is 1. The first kappa shape index (κ1) is 20.1. The number of nitrogens with one attached hydrogen (secondary N) is 1. The van der Waals surface area contributed by atoms with Gasteiger partial charge in [0, 0.05) is 37.4 Å². The van der Waals surface area contributed by atoms with Crippen molar-refractivity contribution in [1.29, 1.82) is 0 Å². The van der Waals surface area contributed by atoms with E-state index in [0.717, 1.165) is 16.4 Å². The maximum absolute atomic E-state index is 12.6. The molecule has 1 aromatic carbocycles. The number of nitrogens with zero attached hydrogens (tertiary/aromatic N) is 3. The van der Waals surface area contributed by atoms with Crippen LogP contribution >= 0.6 is 22.9 Å². The number of carbonyl (C=O) groups excluding carboxylic acids is 1. The Morgan fingerprint density at radius 1 is 1.25 bits per heavy atom. The Hall–Kier alpha value is -2.64. The number of benzene rings is 1. The van der Waals surface area contributed by atoms with Gasteiger partial charge in [0.15, 0.2) is 0 Å². The van der Waals surface area contributed by atoms with Gasteiger partial charge in [-0.05, 0) is 37.3 Å². The lowest BCUT2D eigenvalue weighted by atomic mass is 10.2. The molecule has 0 saturated carbocycles. The summed E-state index contributed by atoms with van der Waals surface area (Å²) >= 11 is 7.21. The quantitative estimate of drug-likeness (QED) is 0.628. The third-order valence-corrected chi connectivity index (χ3v) is 5.34. The van der Waals surface area contributed by atoms with Crippen LogP contribution in [0.5, 0.6) is 5.75 Å². The fraction of sp³-hybridized carbons (Fsp3) is 0.250. The van der Waals surface area contributed by atoms with E-state index in [1.54, 1.807) is 30.5 Å². The minimum Gasteiger partial charge on any atom is -0.486 e. The van der Waals surface area contributed by atoms with Crippen LogP contribution in [0.15, 0.2) is 42.6 Å². The lowest BCUT2D eigenvalue weighted by Gasteiger charge is -2.15. The summed E-state index contributed by atoms with van der Waals surface area (Å²) in [5, 5.41) is 4.35. The molecule has 0 unspecified atom stereocenters. The number of carbonyl (C=O) groups is 1. The molecule has 0 atom stereocenters. The lowest BCUT2D eigenvalue weighted by molar-refractivity contribution is 0.0954. The van der Waals surface area contributed by atoms with Gasteiger partial charge in [-0.25, -0.2) is 9.97 Å². The number of thiazole rings is 1. The maximum Gasteiger partial charge on any atom is 0.263 e. The Bertz CT molecular complexity index is 957. The molecule has 146 valence electrons. The summed E-state index contributed by atoms with van der Waals surface area (Å²) in [7, 11) is 3.85. The van der Waals surface area contributed by atoms with Crippen molar-refractivity contribution in [2.75, 3.05) is 19.0 Å². The number of hydrogen-bond acceptors (Lipinski definition) is 6. The summed E-state index contributed by atoms with van der Waals surface area (Å²) in [6, 6.07) is 10.9. The van der Waals surface area contributed by atoms with Crippen molar-refractivity contribution >= 4 is 34.7 Å². The predicted octanol–water partition coefficient (Wildman–Crippen LogP) is 4.07. The molecule has 0 bridgehead atoms. The lowest BCUT2D eigenvalue weighted by Crippen LogP contribution is -2.24. The molecule has 3 aromatic rings. The molecule has 28 heavy (non-hydrogen) atoms. The molecule has 1 amide bonds. The van der Waals surface area contributed by atoms with Gasteiger partial charge in [0.1, 0.15) is 28.1 Å². The zero-order valence-corrected chi connectivity index (χ0v) is 17.5. The second kappa shape index (κ2) is 9.03. The van der Waals surface area contributed by atoms with Gasteiger partial charge in [-0.3, -0.25) is 4.79 Å². The van der Waals surface area contributed by atoms with Crippen molar-refractivity contribution in [2.24, 2.45) is 0 Å². The first-order chi connectivity index (χ1) is 13.4. The van der Waals surface area contributed by atoms with E-state index in [1.807, 2.05) is 38.1 Å². The topological polar surface area (TPSA) is 67.3 Å². The van der Waals surface area contributed by atoms with Crippen molar-refractivity contribution in [1.82, 2.24) is 15.3 Å². The van der Waals surface area contributed by atoms with Gasteiger partial charge in [0.2, 0.25) is 0 Å². The SMILES string of the molecule is Cc1nc(COc2ccc(Cl)cc2)sc1C(=O)NCc1cccnc1N(C)C. The number of aryl methyl sites for hydroxylation is 1. The minimum absolute atomic E-state index is 0.152. The fourth-order valence-corrected chi connectivity index (χ4v) is 3.65. The van der Waals surface area contributed by atoms with Gasteiger partial charge < -0.3 is 15.0 Å². The molecule has 6 nitrogen and oxygen atoms in total. The van der Waals surface area contributed by atoms with Crippen LogP contribution < -0.4 is 15.0 Å². The van der Waals surface area contributed by atoms with Crippen molar-refractivity contribution in [3.05, 3.63) is 68.8 Å². The van der Waals surface area contributed by atoms with E-state index in [2.05, 4.69) is 15.3 Å². The van der Waals surface area contributed by atoms with E-state index in [1.165, 1.54) is 11.3 Å². The zero-order chi connectivity index (χ0) is 20.1. The molecule has 1 N–H and O–H groups in total. The molecule has 0 spiro atoms. The molecule has 0 fully saturated rings. The molecule has 0 aliphatic heterocycles. The van der Waals surface area contributed by atoms with E-state index >= 15 is 0 Å². The van der Waals surface area contributed by atoms with Crippen LogP contribution in [0.2, 0.25) is 5.02 Å². The van der Waals surface area contributed by atoms with Gasteiger partial charge in [-0.1, -0.05) is 17.7 Å². The van der Waals surface area contributed by atoms with E-state index in [-0.39, 0.29) is 5.91 Å². The smallest absolute Gasteiger partial charge is 0.263 e. The highest BCUT2D eigenvalue weighted by Gasteiger charge is 2.16. The van der Waals surface area contributed by atoms with Crippen molar-refractivity contribution in [3.8, 4) is 5.75 Å². The van der Waals surface area contributed by atoms with Gasteiger partial charge >= 0.3 is 0 Å². The molecule has 3 rings (SSSR count). The standard InChI is InChI=1S/C20H21ClN4O2S/c1-13-18(20(26)23-11-14-5-4-10-22-19(14)25(2)3)28-17(24-13)12-27-16-8-6-15(21)7-9-16/h4-10H,11-12H2,1-3H3,(H,23,26). The molecule has 0 radical (unpaired) electrons. The van der Waals surface area contributed by atoms with Crippen LogP contribution in [0.1, 0.15) is 25.9 Å². The third kappa shape index (κ3) is 4.99. The van der Waals surface area contributed by atoms with E-state index in [0.29, 0.717) is 34.5 Å². The number of halogens is 1. The number of aromatic nitrogens is 2. The van der Waals surface area contributed by atoms with Crippen LogP contribution in [0.4, 0.5) is 5.82 Å². The van der Waals surface area contributed by atoms with Crippen molar-refractivity contribution in [2.45, 2.75) is 20.1 Å². The van der Waals surface area contributed by atoms with Crippen LogP contribution in [0.3, 0.4) is 0 Å². The highest BCUT2D eigenvalue weighted by atomic mass is 35.5. The number of amides is 1. The van der Waals surface area contributed by atoms with E-state index in [4.69, 9.17) is 16.3 Å². The predicted molar refractivity (Wildman–Crippen MR) is 112 cm³/mol. The van der Waals surface area contributed by atoms with Crippen molar-refractivity contribution in [3.63, 3.8) is 0 Å². The summed E-state index contributed by atoms with van der Waals surface area (Å²) in [5.74, 6) is 1.39. The van der Waals surface area contributed by atoms with Gasteiger partial charge in [0.25, 0.3) is 5.91 Å². The minimum atomic E-state index is -0.152. The second-order valence-corrected chi connectivity index (χ2v) is 7.85. The molecular formula is C20H21ClN4O2S. The van der Waals surface area contributed by atoms with Crippen LogP contribution in [-0.4, -0.2) is 30.0 Å². The molecule has 8 heteroatoms. The highest BCUT2D eigenvalue weighted by Crippen LogP contribution is 2.22. The van der Waals surface area contributed by atoms with E-state index < -0.39 is 0 Å². The first-order valence-corrected chi connectivity index (χ1v) is 9.87. The van der Waals surface area contributed by atoms with Crippen LogP contribution in [-0.2, 0) is 13.2 Å². The number of rotatable bonds is 7. The maximum atomic E-state index is 12.6. The first-order valence-electron chi connectivity index (χ1n) is 8.68. The Morgan fingerprint density at radius 2 is 2.00 bits per heavy atom. The molecule has 0 aliphatic rings. The number of pyridine rings is 1. The van der Waals surface area contributed by atoms with Crippen molar-refractivity contribution < 1.29 is 9.53 Å². The third-order valence-electron chi connectivity index (χ3n) is 3.95. The Balaban J connectivity index is 1.62. The second-order valence-electron chi connectivity index (χ2n) is 6.33. The normalized spacial score (nSPS) is 10.6. The summed E-state index contributed by atoms with van der Waals surface area (Å²) in [6.07, 6.45) is 1.74. The molecule has 0 aliphatic carbocycles. The van der Waals surface area contributed by atoms with E-state index in [9.17, 15) is 4.79 Å². The Labute approximate surface area is 173 Å². The summed E-state index contributed by atoms with van der Waals surface area (Å²) < 4.78 is 5.71. The average molecular weight is 417 g/mol. The highest BCUT2D eigenvalue weighted by molar-refractivity contribution is 7.13. The molecule has 2 aromatic heterocycles. The van der Waals surface area contributed by atoms with Gasteiger partial charge in [0.05, 0.1) is 5.69 Å². The Kier molecular flexibility index (Phi) is 6.49. The molecule has 0 saturated heterocycles. The summed E-state index contributed by atoms with van der Waals surface area (Å²) in [5.41, 5.74) is 1.64. The Morgan fingerprint density at radius 3 is 2.71 bits per heavy atom. The van der Waals surface area contributed by atoms with Crippen LogP contribution in [0.25, 0.3) is 0 Å². The summed E-state index contributed by atoms with van der Waals surface area (Å²) in [4.78, 5) is 23.9. The largest absolute Gasteiger partial charge is 0.486 e. The monoisotopic (exact) mass is 416 g/mol. The summed E-state index contributed by atoms with van der Waals surface area (Å²) in [6.45, 7) is 2.52. The number of hydrogen-bond donors (Lipinski definition) is 1. The molecular weight excluding hydrogens is 396 g/mol. The zero-order valence-electron chi connectivity index (χ0n) is 15.9. The molecule has 2 heterocycles. The van der Waals surface area contributed by atoms with Gasteiger partial charge in [-0.15, -0.1) is 11.3 Å². The van der Waals surface area contributed by atoms with Crippen LogP contribution in [0, 0.1) is 6.92 Å². The fourth-order valence-electron chi connectivity index (χ4n) is 2.63. The average Bonchev–Trinajstić information content (AvgIpc) is 3.06. The van der Waals surface area contributed by atoms with Gasteiger partial charge in [-0.2, -0.15) is 0 Å². The number of ether oxygens (including phenoxy) is 1.